The molecule has 0 bridgehead atoms. The number of carboxylic acid groups (broad SMARTS) is 1. The van der Waals surface area contributed by atoms with Crippen molar-refractivity contribution in [2.24, 2.45) is 50.2 Å². The van der Waals surface area contributed by atoms with E-state index in [4.69, 9.17) is 18.9 Å². The van der Waals surface area contributed by atoms with E-state index in [2.05, 4.69) is 40.7 Å². The molecule has 0 aromatic rings. The van der Waals surface area contributed by atoms with Crippen LogP contribution in [0.4, 0.5) is 0 Å². The van der Waals surface area contributed by atoms with Crippen LogP contribution in [-0.4, -0.2) is 144 Å². The predicted octanol–water partition coefficient (Wildman–Crippen LogP) is 1.17. The van der Waals surface area contributed by atoms with Crippen LogP contribution in [0, 0.1) is 50.2 Å². The highest BCUT2D eigenvalue weighted by Gasteiger charge is 2.70. The average Bonchev–Trinajstić information content (AvgIpc) is 3.13. The van der Waals surface area contributed by atoms with Crippen molar-refractivity contribution < 1.29 is 74.8 Å². The number of hydrogen-bond donors (Lipinski definition) is 10. The van der Waals surface area contributed by atoms with E-state index < -0.39 is 103 Å². The minimum Gasteiger partial charge on any atom is -0.479 e. The Morgan fingerprint density at radius 3 is 2.07 bits per heavy atom. The van der Waals surface area contributed by atoms with E-state index in [-0.39, 0.29) is 39.4 Å². The molecule has 6 fully saturated rings. The molecule has 7 aliphatic rings. The number of hydrogen-bond acceptors (Lipinski definition) is 14. The lowest BCUT2D eigenvalue weighted by atomic mass is 9.33. The fourth-order valence-electron chi connectivity index (χ4n) is 13.9. The van der Waals surface area contributed by atoms with Crippen LogP contribution < -0.4 is 0 Å². The summed E-state index contributed by atoms with van der Waals surface area (Å²) in [5, 5.41) is 107. The molecule has 7 rings (SSSR count). The van der Waals surface area contributed by atoms with Gasteiger partial charge in [0.1, 0.15) is 42.7 Å². The van der Waals surface area contributed by atoms with Gasteiger partial charge in [-0.15, -0.1) is 0 Å². The van der Waals surface area contributed by atoms with Gasteiger partial charge in [-0.2, -0.15) is 0 Å². The molecule has 12 unspecified atom stereocenters. The maximum atomic E-state index is 12.1. The first-order valence-electron chi connectivity index (χ1n) is 21.0. The summed E-state index contributed by atoms with van der Waals surface area (Å²) in [7, 11) is 0. The molecule has 0 radical (unpaired) electrons. The zero-order valence-electron chi connectivity index (χ0n) is 34.4. The van der Waals surface area contributed by atoms with Gasteiger partial charge in [-0.3, -0.25) is 0 Å². The van der Waals surface area contributed by atoms with Gasteiger partial charge >= 0.3 is 5.97 Å². The number of carbonyl (C=O) groups is 1. The lowest BCUT2D eigenvalue weighted by Crippen LogP contribution is -2.68. The van der Waals surface area contributed by atoms with E-state index >= 15 is 0 Å². The number of aliphatic carboxylic acids is 1. The molecule has 20 atom stereocenters. The Kier molecular flexibility index (Phi) is 11.3. The second-order valence-electron chi connectivity index (χ2n) is 21.0. The largest absolute Gasteiger partial charge is 0.479 e. The minimum atomic E-state index is -1.85. The summed E-state index contributed by atoms with van der Waals surface area (Å²) >= 11 is 0. The first kappa shape index (κ1) is 43.8. The number of rotatable bonds is 7. The third-order valence-corrected chi connectivity index (χ3v) is 17.3. The van der Waals surface area contributed by atoms with Crippen LogP contribution in [0.15, 0.2) is 11.6 Å². The number of ether oxygens (including phenoxy) is 4. The zero-order valence-corrected chi connectivity index (χ0v) is 34.4. The Labute approximate surface area is 335 Å². The molecule has 5 aliphatic carbocycles. The van der Waals surface area contributed by atoms with E-state index in [1.165, 1.54) is 5.57 Å². The lowest BCUT2D eigenvalue weighted by Gasteiger charge is -2.72. The normalized spacial score (nSPS) is 53.6. The van der Waals surface area contributed by atoms with Crippen molar-refractivity contribution in [2.45, 2.75) is 186 Å². The number of aliphatic hydroxyl groups is 9. The summed E-state index contributed by atoms with van der Waals surface area (Å²) < 4.78 is 23.6. The molecule has 15 heteroatoms. The lowest BCUT2D eigenvalue weighted by molar-refractivity contribution is -0.356. The maximum Gasteiger partial charge on any atom is 0.335 e. The summed E-state index contributed by atoms with van der Waals surface area (Å²) in [4.78, 5) is 11.8. The average molecular weight is 813 g/mol. The highest BCUT2D eigenvalue weighted by molar-refractivity contribution is 5.73. The molecule has 15 nitrogen and oxygen atoms in total. The van der Waals surface area contributed by atoms with E-state index in [0.717, 1.165) is 38.5 Å². The molecular formula is C42H68O15. The van der Waals surface area contributed by atoms with Crippen molar-refractivity contribution in [2.75, 3.05) is 6.61 Å². The topological polar surface area (TPSA) is 256 Å². The molecule has 2 saturated heterocycles. The number of allylic oxidation sites excluding steroid dienone is 2. The van der Waals surface area contributed by atoms with Gasteiger partial charge in [0.05, 0.1) is 18.8 Å². The fourth-order valence-corrected chi connectivity index (χ4v) is 13.9. The Morgan fingerprint density at radius 2 is 1.42 bits per heavy atom. The van der Waals surface area contributed by atoms with Gasteiger partial charge in [0.15, 0.2) is 25.0 Å². The van der Waals surface area contributed by atoms with Crippen molar-refractivity contribution in [3.8, 4) is 0 Å². The van der Waals surface area contributed by atoms with E-state index in [9.17, 15) is 55.9 Å². The van der Waals surface area contributed by atoms with Crippen molar-refractivity contribution in [3.63, 3.8) is 0 Å². The highest BCUT2D eigenvalue weighted by Crippen LogP contribution is 2.76. The van der Waals surface area contributed by atoms with Crippen LogP contribution in [0.25, 0.3) is 0 Å². The Hall–Kier alpha value is -1.31. The Bertz CT molecular complexity index is 1550. The van der Waals surface area contributed by atoms with Gasteiger partial charge < -0.3 is 70.0 Å². The minimum absolute atomic E-state index is 0.0295. The molecule has 0 spiro atoms. The van der Waals surface area contributed by atoms with Gasteiger partial charge in [0.2, 0.25) is 0 Å². The van der Waals surface area contributed by atoms with Crippen LogP contribution in [0.5, 0.6) is 0 Å². The SMILES string of the molecule is CC1(C)CC[C@]2([C@H](O)OC3OC(CO)C(O)C(O)C3O)CC[C@]3(C)C(=CCC4[C@@]5(C)C[C@@H](O)[C@H](OC6OC(C(=O)O)C(O)C(O)C6O)C(C)(C)C5CC[C@]43C)[C@@H]2C1. The molecule has 4 saturated carbocycles. The summed E-state index contributed by atoms with van der Waals surface area (Å²) in [6, 6.07) is 0. The highest BCUT2D eigenvalue weighted by atomic mass is 16.7. The molecule has 0 amide bonds. The van der Waals surface area contributed by atoms with Gasteiger partial charge in [-0.1, -0.05) is 60.1 Å². The number of fused-ring (bicyclic) bond motifs is 7. The molecule has 0 aromatic heterocycles. The smallest absolute Gasteiger partial charge is 0.335 e. The quantitative estimate of drug-likeness (QED) is 0.0984. The predicted molar refractivity (Wildman–Crippen MR) is 200 cm³/mol. The van der Waals surface area contributed by atoms with E-state index in [1.807, 2.05) is 13.8 Å². The molecular weight excluding hydrogens is 744 g/mol. The molecule has 0 aromatic carbocycles. The van der Waals surface area contributed by atoms with Gasteiger partial charge in [0, 0.05) is 5.41 Å². The summed E-state index contributed by atoms with van der Waals surface area (Å²) in [5.74, 6) is -1.38. The van der Waals surface area contributed by atoms with Crippen molar-refractivity contribution >= 4 is 5.97 Å². The van der Waals surface area contributed by atoms with Gasteiger partial charge in [0.25, 0.3) is 0 Å². The van der Waals surface area contributed by atoms with Gasteiger partial charge in [-0.05, 0) is 103 Å². The standard InChI is InChI=1S/C42H68O15/c1-37(2)12-14-42(36(53)57-34-29(49)26(46)25(45)22(18-43)54-34)15-13-40(6)19(20(42)16-37)8-9-24-39(5)17-21(44)32(38(3,4)23(39)10-11-41(24,40)7)56-35-30(50)27(47)28(48)31(55-35)33(51)52/h8,20-32,34-36,43-50,53H,9-18H2,1-7H3,(H,51,52)/t20-,21+,22?,23?,24?,25?,26?,27?,28?,29?,30?,31?,32-,34?,35?,36+,39-,40+,41+,42-/m0/s1. The van der Waals surface area contributed by atoms with Crippen LogP contribution >= 0.6 is 0 Å². The van der Waals surface area contributed by atoms with Crippen molar-refractivity contribution in [1.29, 1.82) is 0 Å². The van der Waals surface area contributed by atoms with E-state index in [1.54, 1.807) is 0 Å². The Balaban J connectivity index is 1.17. The third-order valence-electron chi connectivity index (χ3n) is 17.3. The van der Waals surface area contributed by atoms with Crippen LogP contribution in [0.1, 0.15) is 106 Å². The van der Waals surface area contributed by atoms with Gasteiger partial charge in [-0.25, -0.2) is 4.79 Å². The summed E-state index contributed by atoms with van der Waals surface area (Å²) in [6.07, 6.45) is -10.6. The second-order valence-corrected chi connectivity index (χ2v) is 21.0. The zero-order chi connectivity index (χ0) is 42.0. The van der Waals surface area contributed by atoms with Crippen molar-refractivity contribution in [1.82, 2.24) is 0 Å². The third kappa shape index (κ3) is 6.51. The monoisotopic (exact) mass is 812 g/mol. The molecule has 10 N–H and O–H groups in total. The molecule has 2 aliphatic heterocycles. The fraction of sp³-hybridized carbons (Fsp3) is 0.929. The van der Waals surface area contributed by atoms with Crippen molar-refractivity contribution in [3.05, 3.63) is 11.6 Å². The van der Waals surface area contributed by atoms with Crippen LogP contribution in [0.3, 0.4) is 0 Å². The molecule has 57 heavy (non-hydrogen) atoms. The first-order valence-corrected chi connectivity index (χ1v) is 21.0. The first-order chi connectivity index (χ1) is 26.4. The number of carboxylic acids is 1. The van der Waals surface area contributed by atoms with E-state index in [0.29, 0.717) is 19.3 Å². The maximum absolute atomic E-state index is 12.1. The second kappa shape index (κ2) is 14.7. The number of aliphatic hydroxyl groups excluding tert-OH is 9. The Morgan fingerprint density at radius 1 is 0.789 bits per heavy atom. The summed E-state index contributed by atoms with van der Waals surface area (Å²) in [6.45, 7) is 15.0. The molecule has 326 valence electrons. The van der Waals surface area contributed by atoms with Crippen LogP contribution in [-0.2, 0) is 23.7 Å². The molecule has 2 heterocycles. The summed E-state index contributed by atoms with van der Waals surface area (Å²) in [5.41, 5.74) is -0.973. The van der Waals surface area contributed by atoms with Crippen LogP contribution in [0.2, 0.25) is 0 Å².